The Labute approximate surface area is 137 Å². The number of hydrogen-bond acceptors (Lipinski definition) is 5. The molecule has 3 aromatic rings. The molecule has 1 heterocycles. The molecule has 118 valence electrons. The van der Waals surface area contributed by atoms with Crippen LogP contribution in [-0.2, 0) is 0 Å². The Hall–Kier alpha value is -2.60. The van der Waals surface area contributed by atoms with Crippen molar-refractivity contribution in [3.63, 3.8) is 0 Å². The highest BCUT2D eigenvalue weighted by Crippen LogP contribution is 2.38. The number of methoxy groups -OCH3 is 2. The lowest BCUT2D eigenvalue weighted by Gasteiger charge is -2.03. The summed E-state index contributed by atoms with van der Waals surface area (Å²) in [6.07, 6.45) is 0. The number of nitrogens with one attached hydrogen (secondary N) is 1. The third-order valence-electron chi connectivity index (χ3n) is 3.44. The maximum atomic E-state index is 12.3. The van der Waals surface area contributed by atoms with Crippen molar-refractivity contribution >= 4 is 32.6 Å². The number of ether oxygens (including phenoxy) is 2. The number of aryl methyl sites for hydroxylation is 1. The fourth-order valence-electron chi connectivity index (χ4n) is 2.21. The van der Waals surface area contributed by atoms with Gasteiger partial charge in [-0.05, 0) is 31.2 Å². The molecule has 1 aromatic heterocycles. The topological polar surface area (TPSA) is 60.5 Å². The number of amides is 1. The molecule has 0 atom stereocenters. The average molecular weight is 328 g/mol. The van der Waals surface area contributed by atoms with Crippen LogP contribution in [0, 0.1) is 6.92 Å². The molecule has 0 saturated heterocycles. The highest BCUT2D eigenvalue weighted by atomic mass is 32.1. The molecule has 0 bridgehead atoms. The lowest BCUT2D eigenvalue weighted by atomic mass is 10.1. The summed E-state index contributed by atoms with van der Waals surface area (Å²) >= 11 is 1.36. The summed E-state index contributed by atoms with van der Waals surface area (Å²) in [5.74, 6) is 1.16. The predicted molar refractivity (Wildman–Crippen MR) is 91.9 cm³/mol. The largest absolute Gasteiger partial charge is 0.495 e. The SMILES string of the molecule is COc1ccc(OC)c2sc(NC(=O)c3ccc(C)cc3)nc12. The normalized spacial score (nSPS) is 10.6. The minimum absolute atomic E-state index is 0.193. The van der Waals surface area contributed by atoms with E-state index in [1.807, 2.05) is 25.1 Å². The van der Waals surface area contributed by atoms with Crippen LogP contribution in [0.5, 0.6) is 11.5 Å². The lowest BCUT2D eigenvalue weighted by Crippen LogP contribution is -2.11. The Morgan fingerprint density at radius 2 is 1.70 bits per heavy atom. The van der Waals surface area contributed by atoms with Crippen LogP contribution >= 0.6 is 11.3 Å². The van der Waals surface area contributed by atoms with Crippen LogP contribution in [0.3, 0.4) is 0 Å². The summed E-state index contributed by atoms with van der Waals surface area (Å²) < 4.78 is 11.5. The fourth-order valence-corrected chi connectivity index (χ4v) is 3.18. The van der Waals surface area contributed by atoms with Crippen molar-refractivity contribution in [2.75, 3.05) is 19.5 Å². The average Bonchev–Trinajstić information content (AvgIpc) is 2.97. The van der Waals surface area contributed by atoms with E-state index in [1.54, 1.807) is 32.4 Å². The Morgan fingerprint density at radius 3 is 2.35 bits per heavy atom. The zero-order valence-corrected chi connectivity index (χ0v) is 13.9. The Morgan fingerprint density at radius 1 is 1.04 bits per heavy atom. The van der Waals surface area contributed by atoms with Crippen molar-refractivity contribution in [1.82, 2.24) is 4.98 Å². The molecule has 0 aliphatic rings. The number of aromatic nitrogens is 1. The molecule has 0 radical (unpaired) electrons. The zero-order valence-electron chi connectivity index (χ0n) is 13.0. The van der Waals surface area contributed by atoms with Crippen molar-refractivity contribution in [3.8, 4) is 11.5 Å². The van der Waals surface area contributed by atoms with Crippen molar-refractivity contribution < 1.29 is 14.3 Å². The molecule has 0 spiro atoms. The molecule has 0 fully saturated rings. The molecule has 1 amide bonds. The molecule has 0 unspecified atom stereocenters. The van der Waals surface area contributed by atoms with Crippen LogP contribution in [0.1, 0.15) is 15.9 Å². The van der Waals surface area contributed by atoms with Crippen LogP contribution in [0.25, 0.3) is 10.2 Å². The maximum absolute atomic E-state index is 12.3. The first-order chi connectivity index (χ1) is 11.1. The van der Waals surface area contributed by atoms with Crippen LogP contribution < -0.4 is 14.8 Å². The van der Waals surface area contributed by atoms with Crippen molar-refractivity contribution in [2.45, 2.75) is 6.92 Å². The van der Waals surface area contributed by atoms with Gasteiger partial charge in [-0.15, -0.1) is 0 Å². The van der Waals surface area contributed by atoms with E-state index in [4.69, 9.17) is 9.47 Å². The van der Waals surface area contributed by atoms with Gasteiger partial charge in [-0.2, -0.15) is 0 Å². The summed E-state index contributed by atoms with van der Waals surface area (Å²) in [6.45, 7) is 1.98. The summed E-state index contributed by atoms with van der Waals surface area (Å²) in [7, 11) is 3.19. The monoisotopic (exact) mass is 328 g/mol. The van der Waals surface area contributed by atoms with Crippen LogP contribution in [0.15, 0.2) is 36.4 Å². The van der Waals surface area contributed by atoms with E-state index in [0.29, 0.717) is 27.7 Å². The number of carbonyl (C=O) groups is 1. The molecular weight excluding hydrogens is 312 g/mol. The van der Waals surface area contributed by atoms with Crippen molar-refractivity contribution in [3.05, 3.63) is 47.5 Å². The summed E-state index contributed by atoms with van der Waals surface area (Å²) in [5.41, 5.74) is 2.38. The number of thiazole rings is 1. The minimum atomic E-state index is -0.193. The van der Waals surface area contributed by atoms with Crippen LogP contribution in [-0.4, -0.2) is 25.1 Å². The van der Waals surface area contributed by atoms with Gasteiger partial charge in [-0.25, -0.2) is 4.98 Å². The van der Waals surface area contributed by atoms with E-state index in [2.05, 4.69) is 10.3 Å². The van der Waals surface area contributed by atoms with Gasteiger partial charge in [0, 0.05) is 5.56 Å². The van der Waals surface area contributed by atoms with Crippen molar-refractivity contribution in [2.24, 2.45) is 0 Å². The molecular formula is C17H16N2O3S. The van der Waals surface area contributed by atoms with Gasteiger partial charge in [0.2, 0.25) is 0 Å². The first-order valence-corrected chi connectivity index (χ1v) is 7.83. The van der Waals surface area contributed by atoms with Gasteiger partial charge in [-0.3, -0.25) is 10.1 Å². The van der Waals surface area contributed by atoms with E-state index < -0.39 is 0 Å². The molecule has 5 nitrogen and oxygen atoms in total. The first-order valence-electron chi connectivity index (χ1n) is 7.02. The summed E-state index contributed by atoms with van der Waals surface area (Å²) in [5, 5.41) is 3.33. The predicted octanol–water partition coefficient (Wildman–Crippen LogP) is 3.87. The van der Waals surface area contributed by atoms with Gasteiger partial charge < -0.3 is 9.47 Å². The molecule has 1 N–H and O–H groups in total. The lowest BCUT2D eigenvalue weighted by molar-refractivity contribution is 0.102. The third-order valence-corrected chi connectivity index (χ3v) is 4.43. The highest BCUT2D eigenvalue weighted by molar-refractivity contribution is 7.22. The molecule has 3 rings (SSSR count). The summed E-state index contributed by atoms with van der Waals surface area (Å²) in [4.78, 5) is 16.8. The standard InChI is InChI=1S/C17H16N2O3S/c1-10-4-6-11(7-5-10)16(20)19-17-18-14-12(21-2)8-9-13(22-3)15(14)23-17/h4-9H,1-3H3,(H,18,19,20). The number of anilines is 1. The Balaban J connectivity index is 1.94. The van der Waals surface area contributed by atoms with E-state index in [-0.39, 0.29) is 5.91 Å². The number of rotatable bonds is 4. The van der Waals surface area contributed by atoms with Gasteiger partial charge in [0.15, 0.2) is 5.13 Å². The van der Waals surface area contributed by atoms with Gasteiger partial charge in [0.1, 0.15) is 21.7 Å². The van der Waals surface area contributed by atoms with E-state index in [9.17, 15) is 4.79 Å². The molecule has 0 aliphatic carbocycles. The van der Waals surface area contributed by atoms with Crippen molar-refractivity contribution in [1.29, 1.82) is 0 Å². The highest BCUT2D eigenvalue weighted by Gasteiger charge is 2.15. The van der Waals surface area contributed by atoms with E-state index in [0.717, 1.165) is 10.3 Å². The second kappa shape index (κ2) is 6.26. The molecule has 2 aromatic carbocycles. The van der Waals surface area contributed by atoms with Gasteiger partial charge >= 0.3 is 0 Å². The number of carbonyl (C=O) groups excluding carboxylic acids is 1. The van der Waals surface area contributed by atoms with Crippen LogP contribution in [0.2, 0.25) is 0 Å². The molecule has 23 heavy (non-hydrogen) atoms. The first kappa shape index (κ1) is 15.3. The number of hydrogen-bond donors (Lipinski definition) is 1. The smallest absolute Gasteiger partial charge is 0.257 e. The summed E-state index contributed by atoms with van der Waals surface area (Å²) in [6, 6.07) is 11.0. The Bertz CT molecular complexity index is 815. The van der Waals surface area contributed by atoms with Crippen LogP contribution in [0.4, 0.5) is 5.13 Å². The number of fused-ring (bicyclic) bond motifs is 1. The Kier molecular flexibility index (Phi) is 4.16. The zero-order chi connectivity index (χ0) is 16.4. The second-order valence-electron chi connectivity index (χ2n) is 4.99. The third kappa shape index (κ3) is 2.98. The van der Waals surface area contributed by atoms with E-state index in [1.165, 1.54) is 11.3 Å². The number of benzene rings is 2. The second-order valence-corrected chi connectivity index (χ2v) is 5.99. The minimum Gasteiger partial charge on any atom is -0.495 e. The van der Waals surface area contributed by atoms with E-state index >= 15 is 0 Å². The van der Waals surface area contributed by atoms with Gasteiger partial charge in [-0.1, -0.05) is 29.0 Å². The van der Waals surface area contributed by atoms with Gasteiger partial charge in [0.05, 0.1) is 14.2 Å². The van der Waals surface area contributed by atoms with Gasteiger partial charge in [0.25, 0.3) is 5.91 Å². The quantitative estimate of drug-likeness (QED) is 0.790. The number of nitrogens with zero attached hydrogens (tertiary/aromatic N) is 1. The maximum Gasteiger partial charge on any atom is 0.257 e. The molecule has 6 heteroatoms. The molecule has 0 saturated carbocycles. The molecule has 0 aliphatic heterocycles. The fraction of sp³-hybridized carbons (Fsp3) is 0.176.